The average molecular weight is 485 g/mol. The first-order chi connectivity index (χ1) is 17.6. The highest BCUT2D eigenvalue weighted by Crippen LogP contribution is 2.24. The topological polar surface area (TPSA) is 82.6 Å². The average Bonchev–Trinajstić information content (AvgIpc) is 2.91. The summed E-state index contributed by atoms with van der Waals surface area (Å²) in [6, 6.07) is 17.7. The van der Waals surface area contributed by atoms with Gasteiger partial charge < -0.3 is 15.0 Å². The number of urea groups is 1. The van der Waals surface area contributed by atoms with E-state index >= 15 is 0 Å². The van der Waals surface area contributed by atoms with Gasteiger partial charge >= 0.3 is 6.03 Å². The highest BCUT2D eigenvalue weighted by atomic mass is 16.5. The zero-order valence-corrected chi connectivity index (χ0v) is 20.6. The maximum Gasteiger partial charge on any atom is 0.324 e. The zero-order chi connectivity index (χ0) is 24.7. The monoisotopic (exact) mass is 484 g/mol. The molecule has 0 radical (unpaired) electrons. The third-order valence-corrected chi connectivity index (χ3v) is 6.44. The van der Waals surface area contributed by atoms with E-state index < -0.39 is 0 Å². The number of hydrogen-bond donors (Lipinski definition) is 2. The van der Waals surface area contributed by atoms with Crippen LogP contribution >= 0.6 is 0 Å². The number of hydrogen-bond acceptors (Lipinski definition) is 6. The lowest BCUT2D eigenvalue weighted by Crippen LogP contribution is -2.36. The number of anilines is 3. The number of aryl methyl sites for hydroxylation is 1. The van der Waals surface area contributed by atoms with Crippen LogP contribution in [0.4, 0.5) is 22.1 Å². The van der Waals surface area contributed by atoms with Gasteiger partial charge in [-0.25, -0.2) is 14.8 Å². The van der Waals surface area contributed by atoms with Crippen molar-refractivity contribution in [1.82, 2.24) is 14.9 Å². The molecule has 8 nitrogen and oxygen atoms in total. The number of aromatic nitrogens is 2. The van der Waals surface area contributed by atoms with Gasteiger partial charge in [0.1, 0.15) is 11.6 Å². The first kappa shape index (κ1) is 24.0. The Labute approximate surface area is 212 Å². The van der Waals surface area contributed by atoms with Crippen molar-refractivity contribution in [3.05, 3.63) is 83.7 Å². The first-order valence-electron chi connectivity index (χ1n) is 12.4. The third kappa shape index (κ3) is 6.27. The molecule has 4 heterocycles. The SMILES string of the molecule is Cc1ccc(NC(=O)Nc2cccc(CN3CC=C(c4cccc(N5CCOCC5)n4)CC3)c2)nc1. The van der Waals surface area contributed by atoms with Crippen LogP contribution in [-0.4, -0.2) is 60.3 Å². The van der Waals surface area contributed by atoms with Crippen LogP contribution in [0.2, 0.25) is 0 Å². The summed E-state index contributed by atoms with van der Waals surface area (Å²) in [5.74, 6) is 1.56. The van der Waals surface area contributed by atoms with Crippen molar-refractivity contribution in [2.45, 2.75) is 19.9 Å². The molecular formula is C28H32N6O2. The lowest BCUT2D eigenvalue weighted by molar-refractivity contribution is 0.122. The van der Waals surface area contributed by atoms with E-state index in [0.29, 0.717) is 5.82 Å². The minimum atomic E-state index is -0.305. The Morgan fingerprint density at radius 2 is 1.89 bits per heavy atom. The zero-order valence-electron chi connectivity index (χ0n) is 20.6. The Morgan fingerprint density at radius 1 is 1.03 bits per heavy atom. The van der Waals surface area contributed by atoms with Crippen molar-refractivity contribution in [2.24, 2.45) is 0 Å². The highest BCUT2D eigenvalue weighted by Gasteiger charge is 2.17. The first-order valence-corrected chi connectivity index (χ1v) is 12.4. The standard InChI is InChI=1S/C28H32N6O2/c1-21-8-9-26(29-19-21)32-28(35)30-24-5-2-4-22(18-24)20-33-12-10-23(11-13-33)25-6-3-7-27(31-25)34-14-16-36-17-15-34/h2-10,18-19H,11-17,20H2,1H3,(H2,29,30,32,35). The fraction of sp³-hybridized carbons (Fsp3) is 0.321. The van der Waals surface area contributed by atoms with Gasteiger partial charge in [0.25, 0.3) is 0 Å². The number of nitrogens with one attached hydrogen (secondary N) is 2. The second-order valence-corrected chi connectivity index (χ2v) is 9.20. The van der Waals surface area contributed by atoms with E-state index in [4.69, 9.17) is 9.72 Å². The number of nitrogens with zero attached hydrogens (tertiary/aromatic N) is 4. The van der Waals surface area contributed by atoms with Crippen LogP contribution in [0.3, 0.4) is 0 Å². The molecule has 0 saturated carbocycles. The fourth-order valence-corrected chi connectivity index (χ4v) is 4.48. The van der Waals surface area contributed by atoms with Gasteiger partial charge in [0, 0.05) is 44.6 Å². The number of carbonyl (C=O) groups excluding carboxylic acids is 1. The maximum absolute atomic E-state index is 12.4. The van der Waals surface area contributed by atoms with E-state index in [-0.39, 0.29) is 6.03 Å². The van der Waals surface area contributed by atoms with Crippen molar-refractivity contribution in [3.63, 3.8) is 0 Å². The summed E-state index contributed by atoms with van der Waals surface area (Å²) >= 11 is 0. The summed E-state index contributed by atoms with van der Waals surface area (Å²) in [4.78, 5) is 26.2. The molecular weight excluding hydrogens is 452 g/mol. The molecule has 186 valence electrons. The van der Waals surface area contributed by atoms with Gasteiger partial charge in [-0.2, -0.15) is 0 Å². The van der Waals surface area contributed by atoms with Crippen LogP contribution in [0.25, 0.3) is 5.57 Å². The molecule has 2 aliphatic heterocycles. The quantitative estimate of drug-likeness (QED) is 0.534. The van der Waals surface area contributed by atoms with Crippen molar-refractivity contribution < 1.29 is 9.53 Å². The summed E-state index contributed by atoms with van der Waals surface area (Å²) in [6.07, 6.45) is 4.98. The summed E-state index contributed by atoms with van der Waals surface area (Å²) in [5.41, 5.74) is 5.34. The Kier molecular flexibility index (Phi) is 7.54. The van der Waals surface area contributed by atoms with E-state index in [2.05, 4.69) is 55.8 Å². The smallest absolute Gasteiger partial charge is 0.324 e. The van der Waals surface area contributed by atoms with Crippen molar-refractivity contribution in [1.29, 1.82) is 0 Å². The van der Waals surface area contributed by atoms with Gasteiger partial charge in [-0.3, -0.25) is 10.2 Å². The summed E-state index contributed by atoms with van der Waals surface area (Å²) < 4.78 is 5.47. The summed E-state index contributed by atoms with van der Waals surface area (Å²) in [5, 5.41) is 5.67. The molecule has 2 N–H and O–H groups in total. The van der Waals surface area contributed by atoms with Crippen LogP contribution in [0, 0.1) is 6.92 Å². The molecule has 5 rings (SSSR count). The van der Waals surface area contributed by atoms with Gasteiger partial charge in [0.2, 0.25) is 0 Å². The van der Waals surface area contributed by atoms with Crippen LogP contribution in [0.5, 0.6) is 0 Å². The molecule has 8 heteroatoms. The van der Waals surface area contributed by atoms with E-state index in [1.54, 1.807) is 12.3 Å². The number of pyridine rings is 2. The van der Waals surface area contributed by atoms with Crippen LogP contribution in [-0.2, 0) is 11.3 Å². The predicted molar refractivity (Wildman–Crippen MR) is 143 cm³/mol. The molecule has 2 aliphatic rings. The molecule has 3 aromatic rings. The summed E-state index contributed by atoms with van der Waals surface area (Å²) in [6.45, 7) is 7.92. The lowest BCUT2D eigenvalue weighted by Gasteiger charge is -2.29. The maximum atomic E-state index is 12.4. The Balaban J connectivity index is 1.16. The molecule has 0 bridgehead atoms. The van der Waals surface area contributed by atoms with Crippen molar-refractivity contribution >= 4 is 28.9 Å². The molecule has 0 aliphatic carbocycles. The van der Waals surface area contributed by atoms with Crippen LogP contribution < -0.4 is 15.5 Å². The molecule has 36 heavy (non-hydrogen) atoms. The second kappa shape index (κ2) is 11.3. The van der Waals surface area contributed by atoms with Gasteiger partial charge in [0.15, 0.2) is 0 Å². The van der Waals surface area contributed by atoms with Crippen LogP contribution in [0.15, 0.2) is 66.9 Å². The van der Waals surface area contributed by atoms with E-state index in [1.165, 1.54) is 5.57 Å². The molecule has 2 aromatic heterocycles. The minimum absolute atomic E-state index is 0.305. The van der Waals surface area contributed by atoms with Crippen molar-refractivity contribution in [3.8, 4) is 0 Å². The number of rotatable bonds is 6. The number of amides is 2. The van der Waals surface area contributed by atoms with E-state index in [1.807, 2.05) is 31.2 Å². The molecule has 1 aromatic carbocycles. The number of benzene rings is 1. The Bertz CT molecular complexity index is 1220. The van der Waals surface area contributed by atoms with Crippen LogP contribution in [0.1, 0.15) is 23.2 Å². The van der Waals surface area contributed by atoms with Gasteiger partial charge in [-0.15, -0.1) is 0 Å². The number of carbonyl (C=O) groups is 1. The normalized spacial score (nSPS) is 16.4. The summed E-state index contributed by atoms with van der Waals surface area (Å²) in [7, 11) is 0. The molecule has 2 amide bonds. The molecule has 0 atom stereocenters. The lowest BCUT2D eigenvalue weighted by atomic mass is 10.0. The largest absolute Gasteiger partial charge is 0.378 e. The second-order valence-electron chi connectivity index (χ2n) is 9.20. The van der Waals surface area contributed by atoms with Gasteiger partial charge in [-0.1, -0.05) is 30.3 Å². The highest BCUT2D eigenvalue weighted by molar-refractivity contribution is 5.99. The Hall–Kier alpha value is -3.75. The molecule has 1 fully saturated rings. The Morgan fingerprint density at radius 3 is 2.67 bits per heavy atom. The molecule has 1 saturated heterocycles. The van der Waals surface area contributed by atoms with Gasteiger partial charge in [0.05, 0.1) is 18.9 Å². The van der Waals surface area contributed by atoms with Gasteiger partial charge in [-0.05, 0) is 60.4 Å². The molecule has 0 spiro atoms. The third-order valence-electron chi connectivity index (χ3n) is 6.44. The molecule has 0 unspecified atom stereocenters. The predicted octanol–water partition coefficient (Wildman–Crippen LogP) is 4.55. The van der Waals surface area contributed by atoms with E-state index in [0.717, 1.165) is 80.7 Å². The van der Waals surface area contributed by atoms with Crippen molar-refractivity contribution in [2.75, 3.05) is 54.9 Å². The number of morpholine rings is 1. The minimum Gasteiger partial charge on any atom is -0.378 e. The number of ether oxygens (including phenoxy) is 1. The fourth-order valence-electron chi connectivity index (χ4n) is 4.48. The van der Waals surface area contributed by atoms with E-state index in [9.17, 15) is 4.79 Å².